The van der Waals surface area contributed by atoms with E-state index in [1.54, 1.807) is 30.3 Å². The summed E-state index contributed by atoms with van der Waals surface area (Å²) in [7, 11) is 1.89. The zero-order chi connectivity index (χ0) is 17.7. The molecule has 0 aromatic heterocycles. The predicted octanol–water partition coefficient (Wildman–Crippen LogP) is 3.17. The Labute approximate surface area is 155 Å². The molecule has 0 radical (unpaired) electrons. The minimum absolute atomic E-state index is 0.202. The van der Waals surface area contributed by atoms with Gasteiger partial charge in [-0.2, -0.15) is 5.26 Å². The van der Waals surface area contributed by atoms with E-state index in [4.69, 9.17) is 40.1 Å². The van der Waals surface area contributed by atoms with Crippen LogP contribution in [0, 0.1) is 11.3 Å². The molecule has 0 aliphatic rings. The van der Waals surface area contributed by atoms with Crippen LogP contribution in [-0.2, 0) is 11.3 Å². The van der Waals surface area contributed by atoms with Crippen LogP contribution < -0.4 is 10.2 Å². The number of hydrogen-bond acceptors (Lipinski definition) is 2. The number of carbonyl (C=O) groups excluding carboxylic acids is 1. The monoisotopic (exact) mass is 382 g/mol. The van der Waals surface area contributed by atoms with Crippen LogP contribution >= 0.6 is 34.8 Å². The van der Waals surface area contributed by atoms with Crippen molar-refractivity contribution in [3.05, 3.63) is 62.6 Å². The van der Waals surface area contributed by atoms with Gasteiger partial charge in [-0.3, -0.25) is 4.79 Å². The maximum Gasteiger partial charge on any atom is 0.279 e. The summed E-state index contributed by atoms with van der Waals surface area (Å²) in [6, 6.07) is 12.2. The van der Waals surface area contributed by atoms with Crippen LogP contribution in [-0.4, -0.2) is 19.5 Å². The molecule has 2 aromatic rings. The molecule has 2 rings (SSSR count). The van der Waals surface area contributed by atoms with Crippen molar-refractivity contribution in [2.75, 3.05) is 18.9 Å². The SMILES string of the molecule is C[NH+](CC(=O)Nc1cc(Cl)ccc1C#N)Cc1ccc(Cl)c(Cl)c1. The number of hydrogen-bond donors (Lipinski definition) is 2. The maximum absolute atomic E-state index is 12.2. The lowest BCUT2D eigenvalue weighted by molar-refractivity contribution is -0.885. The Morgan fingerprint density at radius 3 is 2.58 bits per heavy atom. The number of halogens is 3. The molecule has 0 spiro atoms. The highest BCUT2D eigenvalue weighted by Crippen LogP contribution is 2.22. The van der Waals surface area contributed by atoms with Gasteiger partial charge in [-0.1, -0.05) is 40.9 Å². The third-order valence-electron chi connectivity index (χ3n) is 3.33. The first-order chi connectivity index (χ1) is 11.4. The Hall–Kier alpha value is -1.77. The van der Waals surface area contributed by atoms with E-state index >= 15 is 0 Å². The van der Waals surface area contributed by atoms with Crippen LogP contribution in [0.15, 0.2) is 36.4 Å². The zero-order valence-corrected chi connectivity index (χ0v) is 15.1. The van der Waals surface area contributed by atoms with Gasteiger partial charge in [0.15, 0.2) is 6.54 Å². The molecule has 0 fully saturated rings. The summed E-state index contributed by atoms with van der Waals surface area (Å²) in [5.41, 5.74) is 1.77. The van der Waals surface area contributed by atoms with Crippen LogP contribution in [0.3, 0.4) is 0 Å². The fraction of sp³-hybridized carbons (Fsp3) is 0.176. The van der Waals surface area contributed by atoms with E-state index < -0.39 is 0 Å². The summed E-state index contributed by atoms with van der Waals surface area (Å²) < 4.78 is 0. The van der Waals surface area contributed by atoms with Gasteiger partial charge in [-0.25, -0.2) is 0 Å². The second-order valence-corrected chi connectivity index (χ2v) is 6.66. The zero-order valence-electron chi connectivity index (χ0n) is 12.9. The molecule has 0 aliphatic heterocycles. The fourth-order valence-corrected chi connectivity index (χ4v) is 2.74. The largest absolute Gasteiger partial charge is 0.326 e. The molecule has 24 heavy (non-hydrogen) atoms. The van der Waals surface area contributed by atoms with Crippen molar-refractivity contribution in [2.45, 2.75) is 6.54 Å². The topological polar surface area (TPSA) is 57.3 Å². The first kappa shape index (κ1) is 18.6. The summed E-state index contributed by atoms with van der Waals surface area (Å²) in [5.74, 6) is -0.202. The minimum atomic E-state index is -0.202. The Morgan fingerprint density at radius 1 is 1.17 bits per heavy atom. The average Bonchev–Trinajstić information content (AvgIpc) is 2.51. The summed E-state index contributed by atoms with van der Waals surface area (Å²) in [5, 5.41) is 13.2. The Kier molecular flexibility index (Phi) is 6.47. The molecule has 0 heterocycles. The van der Waals surface area contributed by atoms with Crippen molar-refractivity contribution in [3.63, 3.8) is 0 Å². The molecule has 0 saturated heterocycles. The van der Waals surface area contributed by atoms with E-state index in [-0.39, 0.29) is 12.5 Å². The van der Waals surface area contributed by atoms with Crippen molar-refractivity contribution in [1.82, 2.24) is 0 Å². The highest BCUT2D eigenvalue weighted by atomic mass is 35.5. The van der Waals surface area contributed by atoms with Gasteiger partial charge in [0.2, 0.25) is 0 Å². The number of amides is 1. The summed E-state index contributed by atoms with van der Waals surface area (Å²) in [4.78, 5) is 13.1. The number of nitriles is 1. The number of nitrogens with one attached hydrogen (secondary N) is 2. The molecule has 2 aromatic carbocycles. The van der Waals surface area contributed by atoms with Gasteiger partial charge in [0.05, 0.1) is 28.3 Å². The number of carbonyl (C=O) groups is 1. The highest BCUT2D eigenvalue weighted by Gasteiger charge is 2.13. The van der Waals surface area contributed by atoms with E-state index in [1.165, 1.54) is 0 Å². The number of benzene rings is 2. The lowest BCUT2D eigenvalue weighted by Gasteiger charge is -2.15. The van der Waals surface area contributed by atoms with E-state index in [0.717, 1.165) is 10.5 Å². The Balaban J connectivity index is 1.98. The molecule has 1 unspecified atom stereocenters. The molecule has 1 amide bonds. The third-order valence-corrected chi connectivity index (χ3v) is 4.30. The molecular formula is C17H15Cl3N3O+. The number of nitrogens with zero attached hydrogens (tertiary/aromatic N) is 1. The minimum Gasteiger partial charge on any atom is -0.326 e. The van der Waals surface area contributed by atoms with Crippen molar-refractivity contribution in [1.29, 1.82) is 5.26 Å². The van der Waals surface area contributed by atoms with E-state index in [2.05, 4.69) is 5.32 Å². The number of likely N-dealkylation sites (N-methyl/N-ethyl adjacent to an activating group) is 1. The Morgan fingerprint density at radius 2 is 1.92 bits per heavy atom. The lowest BCUT2D eigenvalue weighted by atomic mass is 10.2. The normalized spacial score (nSPS) is 11.6. The van der Waals surface area contributed by atoms with Crippen LogP contribution in [0.5, 0.6) is 0 Å². The summed E-state index contributed by atoms with van der Waals surface area (Å²) in [6.07, 6.45) is 0. The van der Waals surface area contributed by atoms with Crippen LogP contribution in [0.2, 0.25) is 15.1 Å². The second kappa shape index (κ2) is 8.36. The molecule has 0 saturated carbocycles. The molecule has 7 heteroatoms. The van der Waals surface area contributed by atoms with Gasteiger partial charge in [0.1, 0.15) is 12.6 Å². The van der Waals surface area contributed by atoms with Gasteiger partial charge < -0.3 is 10.2 Å². The van der Waals surface area contributed by atoms with Gasteiger partial charge in [0.25, 0.3) is 5.91 Å². The van der Waals surface area contributed by atoms with Crippen LogP contribution in [0.1, 0.15) is 11.1 Å². The van der Waals surface area contributed by atoms with Crippen LogP contribution in [0.25, 0.3) is 0 Å². The highest BCUT2D eigenvalue weighted by molar-refractivity contribution is 6.42. The molecule has 0 aliphatic carbocycles. The summed E-state index contributed by atoms with van der Waals surface area (Å²) >= 11 is 17.8. The molecule has 124 valence electrons. The van der Waals surface area contributed by atoms with Crippen molar-refractivity contribution in [2.24, 2.45) is 0 Å². The Bertz CT molecular complexity index is 802. The second-order valence-electron chi connectivity index (χ2n) is 5.41. The third kappa shape index (κ3) is 5.12. The molecule has 1 atom stereocenters. The molecule has 0 bridgehead atoms. The van der Waals surface area contributed by atoms with Crippen molar-refractivity contribution < 1.29 is 9.69 Å². The van der Waals surface area contributed by atoms with Gasteiger partial charge in [0, 0.05) is 10.6 Å². The first-order valence-corrected chi connectivity index (χ1v) is 8.27. The van der Waals surface area contributed by atoms with Gasteiger partial charge >= 0.3 is 0 Å². The number of quaternary nitrogens is 1. The van der Waals surface area contributed by atoms with Crippen molar-refractivity contribution >= 4 is 46.4 Å². The molecular weight excluding hydrogens is 369 g/mol. The van der Waals surface area contributed by atoms with E-state index in [9.17, 15) is 4.79 Å². The fourth-order valence-electron chi connectivity index (χ4n) is 2.25. The molecule has 4 nitrogen and oxygen atoms in total. The first-order valence-electron chi connectivity index (χ1n) is 7.13. The van der Waals surface area contributed by atoms with Gasteiger partial charge in [-0.05, 0) is 30.3 Å². The van der Waals surface area contributed by atoms with E-state index in [0.29, 0.717) is 32.9 Å². The molecule has 2 N–H and O–H groups in total. The average molecular weight is 384 g/mol. The number of rotatable bonds is 5. The number of anilines is 1. The van der Waals surface area contributed by atoms with Crippen LogP contribution in [0.4, 0.5) is 5.69 Å². The maximum atomic E-state index is 12.2. The summed E-state index contributed by atoms with van der Waals surface area (Å²) in [6.45, 7) is 0.850. The van der Waals surface area contributed by atoms with E-state index in [1.807, 2.05) is 19.2 Å². The quantitative estimate of drug-likeness (QED) is 0.833. The van der Waals surface area contributed by atoms with Crippen molar-refractivity contribution in [3.8, 4) is 6.07 Å². The van der Waals surface area contributed by atoms with Gasteiger partial charge in [-0.15, -0.1) is 0 Å². The standard InChI is InChI=1S/C17H14Cl3N3O/c1-23(9-11-2-5-14(19)15(20)6-11)10-17(24)22-16-7-13(18)4-3-12(16)8-21/h2-7H,9-10H2,1H3,(H,22,24)/p+1. The predicted molar refractivity (Wildman–Crippen MR) is 96.7 cm³/mol. The lowest BCUT2D eigenvalue weighted by Crippen LogP contribution is -3.08. The smallest absolute Gasteiger partial charge is 0.279 e.